The lowest BCUT2D eigenvalue weighted by atomic mass is 9.93. The molecule has 4 heteroatoms. The molecule has 0 fully saturated rings. The van der Waals surface area contributed by atoms with Crippen LogP contribution in [0.15, 0.2) is 267 Å². The van der Waals surface area contributed by atoms with Crippen molar-refractivity contribution in [3.05, 3.63) is 267 Å². The second-order valence-corrected chi connectivity index (χ2v) is 18.6. The van der Waals surface area contributed by atoms with Crippen LogP contribution in [0.5, 0.6) is 0 Å². The van der Waals surface area contributed by atoms with Crippen LogP contribution in [0, 0.1) is 0 Å². The van der Waals surface area contributed by atoms with Crippen LogP contribution in [0.1, 0.15) is 0 Å². The molecule has 3 aromatic heterocycles. The first-order valence-corrected chi connectivity index (χ1v) is 24.6. The first-order valence-electron chi connectivity index (χ1n) is 24.6. The molecule has 0 aliphatic rings. The van der Waals surface area contributed by atoms with E-state index in [-0.39, 0.29) is 0 Å². The molecule has 0 radical (unpaired) electrons. The molecular formula is C68H44N4. The van der Waals surface area contributed by atoms with Crippen molar-refractivity contribution in [2.45, 2.75) is 0 Å². The average molecular weight is 917 g/mol. The van der Waals surface area contributed by atoms with E-state index in [1.54, 1.807) is 0 Å². The minimum absolute atomic E-state index is 0.681. The molecule has 0 unspecified atom stereocenters. The zero-order chi connectivity index (χ0) is 47.5. The highest BCUT2D eigenvalue weighted by Gasteiger charge is 2.19. The minimum Gasteiger partial charge on any atom is -0.309 e. The van der Waals surface area contributed by atoms with Gasteiger partial charge in [-0.15, -0.1) is 0 Å². The van der Waals surface area contributed by atoms with Crippen molar-refractivity contribution >= 4 is 54.4 Å². The molecule has 0 amide bonds. The number of para-hydroxylation sites is 4. The summed E-state index contributed by atoms with van der Waals surface area (Å²) >= 11 is 0. The van der Waals surface area contributed by atoms with Gasteiger partial charge in [-0.3, -0.25) is 0 Å². The van der Waals surface area contributed by atoms with Gasteiger partial charge in [0, 0.05) is 49.6 Å². The second kappa shape index (κ2) is 17.1. The summed E-state index contributed by atoms with van der Waals surface area (Å²) in [4.78, 5) is 10.9. The maximum absolute atomic E-state index is 5.53. The Morgan fingerprint density at radius 3 is 1.24 bits per heavy atom. The first kappa shape index (κ1) is 41.3. The van der Waals surface area contributed by atoms with Crippen molar-refractivity contribution in [1.82, 2.24) is 19.1 Å². The van der Waals surface area contributed by atoms with Gasteiger partial charge in [-0.05, 0) is 117 Å². The van der Waals surface area contributed by atoms with Gasteiger partial charge in [-0.2, -0.15) is 0 Å². The molecule has 336 valence electrons. The van der Waals surface area contributed by atoms with Gasteiger partial charge in [0.25, 0.3) is 0 Å². The third-order valence-corrected chi connectivity index (χ3v) is 14.3. The van der Waals surface area contributed by atoms with Crippen LogP contribution in [0.2, 0.25) is 0 Å². The standard InChI is InChI=1S/C68H44N4/c1-4-17-45(18-5-1)46-31-33-48(34-32-46)62-44-63(70-68(69-62)61-28-16-20-47-19-10-11-25-56(47)61)53-40-51(49-35-37-59-57-26-12-14-29-64(57)71(66(59)42-49)54-21-6-2-7-22-54)39-52(41-53)50-36-38-60-58-27-13-15-30-65(58)72(67(60)43-50)55-23-8-3-9-24-55/h1-44H. The van der Waals surface area contributed by atoms with Crippen molar-refractivity contribution in [2.75, 3.05) is 0 Å². The van der Waals surface area contributed by atoms with Crippen LogP contribution in [0.3, 0.4) is 0 Å². The average Bonchev–Trinajstić information content (AvgIpc) is 3.98. The number of nitrogens with zero attached hydrogens (tertiary/aromatic N) is 4. The van der Waals surface area contributed by atoms with Crippen LogP contribution < -0.4 is 0 Å². The molecule has 3 heterocycles. The molecule has 0 saturated heterocycles. The Morgan fingerprint density at radius 2 is 0.653 bits per heavy atom. The zero-order valence-corrected chi connectivity index (χ0v) is 39.2. The topological polar surface area (TPSA) is 35.6 Å². The third-order valence-electron chi connectivity index (χ3n) is 14.3. The molecule has 14 aromatic rings. The van der Waals surface area contributed by atoms with E-state index in [4.69, 9.17) is 9.97 Å². The molecular weight excluding hydrogens is 873 g/mol. The quantitative estimate of drug-likeness (QED) is 0.152. The van der Waals surface area contributed by atoms with Gasteiger partial charge in [-0.25, -0.2) is 9.97 Å². The monoisotopic (exact) mass is 916 g/mol. The predicted molar refractivity (Wildman–Crippen MR) is 301 cm³/mol. The maximum Gasteiger partial charge on any atom is 0.161 e. The number of benzene rings is 11. The van der Waals surface area contributed by atoms with Crippen LogP contribution in [0.4, 0.5) is 0 Å². The number of hydrogen-bond donors (Lipinski definition) is 0. The highest BCUT2D eigenvalue weighted by Crippen LogP contribution is 2.41. The Morgan fingerprint density at radius 1 is 0.236 bits per heavy atom. The summed E-state index contributed by atoms with van der Waals surface area (Å²) in [6, 6.07) is 96.1. The van der Waals surface area contributed by atoms with E-state index < -0.39 is 0 Å². The number of rotatable bonds is 8. The van der Waals surface area contributed by atoms with Gasteiger partial charge in [0.1, 0.15) is 0 Å². The number of aromatic nitrogens is 4. The van der Waals surface area contributed by atoms with Crippen LogP contribution in [-0.4, -0.2) is 19.1 Å². The van der Waals surface area contributed by atoms with E-state index >= 15 is 0 Å². The Bertz CT molecular complexity index is 4180. The molecule has 72 heavy (non-hydrogen) atoms. The van der Waals surface area contributed by atoms with Gasteiger partial charge >= 0.3 is 0 Å². The van der Waals surface area contributed by atoms with Crippen molar-refractivity contribution in [2.24, 2.45) is 0 Å². The fourth-order valence-corrected chi connectivity index (χ4v) is 10.9. The summed E-state index contributed by atoms with van der Waals surface area (Å²) in [5.41, 5.74) is 18.4. The number of fused-ring (bicyclic) bond motifs is 7. The van der Waals surface area contributed by atoms with E-state index in [0.29, 0.717) is 5.82 Å². The molecule has 4 nitrogen and oxygen atoms in total. The third kappa shape index (κ3) is 7.08. The Kier molecular flexibility index (Phi) is 9.82. The van der Waals surface area contributed by atoms with E-state index in [2.05, 4.69) is 276 Å². The zero-order valence-electron chi connectivity index (χ0n) is 39.2. The van der Waals surface area contributed by atoms with Gasteiger partial charge in [0.05, 0.1) is 33.5 Å². The van der Waals surface area contributed by atoms with E-state index in [0.717, 1.165) is 89.1 Å². The Hall–Kier alpha value is -9.64. The van der Waals surface area contributed by atoms with E-state index in [1.807, 2.05) is 0 Å². The fourth-order valence-electron chi connectivity index (χ4n) is 10.9. The van der Waals surface area contributed by atoms with Crippen LogP contribution >= 0.6 is 0 Å². The van der Waals surface area contributed by atoms with E-state index in [9.17, 15) is 0 Å². The molecule has 0 N–H and O–H groups in total. The summed E-state index contributed by atoms with van der Waals surface area (Å²) < 4.78 is 4.79. The maximum atomic E-state index is 5.53. The lowest BCUT2D eigenvalue weighted by Crippen LogP contribution is -1.97. The predicted octanol–water partition coefficient (Wildman–Crippen LogP) is 17.8. The lowest BCUT2D eigenvalue weighted by molar-refractivity contribution is 1.18. The number of hydrogen-bond acceptors (Lipinski definition) is 2. The molecule has 14 rings (SSSR count). The molecule has 0 atom stereocenters. The molecule has 0 aliphatic carbocycles. The fraction of sp³-hybridized carbons (Fsp3) is 0. The summed E-state index contributed by atoms with van der Waals surface area (Å²) in [7, 11) is 0. The summed E-state index contributed by atoms with van der Waals surface area (Å²) in [6.45, 7) is 0. The van der Waals surface area contributed by atoms with E-state index in [1.165, 1.54) is 38.1 Å². The van der Waals surface area contributed by atoms with Gasteiger partial charge in [0.2, 0.25) is 0 Å². The molecule has 11 aromatic carbocycles. The minimum atomic E-state index is 0.681. The van der Waals surface area contributed by atoms with Gasteiger partial charge < -0.3 is 9.13 Å². The van der Waals surface area contributed by atoms with Crippen LogP contribution in [-0.2, 0) is 0 Å². The SMILES string of the molecule is c1ccc(-c2ccc(-c3cc(-c4cc(-c5ccc6c7ccccc7n(-c7ccccc7)c6c5)cc(-c5ccc6c7ccccc7n(-c7ccccc7)c6c5)c4)nc(-c4cccc5ccccc45)n3)cc2)cc1. The molecule has 0 spiro atoms. The first-order chi connectivity index (χ1) is 35.7. The van der Waals surface area contributed by atoms with Crippen molar-refractivity contribution < 1.29 is 0 Å². The highest BCUT2D eigenvalue weighted by atomic mass is 15.0. The molecule has 0 bridgehead atoms. The summed E-state index contributed by atoms with van der Waals surface area (Å²) in [6.07, 6.45) is 0. The van der Waals surface area contributed by atoms with Crippen molar-refractivity contribution in [3.8, 4) is 78.7 Å². The Balaban J connectivity index is 1.02. The second-order valence-electron chi connectivity index (χ2n) is 18.6. The molecule has 0 aliphatic heterocycles. The van der Waals surface area contributed by atoms with Crippen LogP contribution in [0.25, 0.3) is 133 Å². The highest BCUT2D eigenvalue weighted by molar-refractivity contribution is 6.12. The Labute approximate surface area is 417 Å². The summed E-state index contributed by atoms with van der Waals surface area (Å²) in [5.74, 6) is 0.681. The smallest absolute Gasteiger partial charge is 0.161 e. The molecule has 0 saturated carbocycles. The normalized spacial score (nSPS) is 11.6. The summed E-state index contributed by atoms with van der Waals surface area (Å²) in [5, 5.41) is 7.14. The largest absolute Gasteiger partial charge is 0.309 e. The van der Waals surface area contributed by atoms with Crippen molar-refractivity contribution in [3.63, 3.8) is 0 Å². The van der Waals surface area contributed by atoms with Gasteiger partial charge in [-0.1, -0.05) is 194 Å². The van der Waals surface area contributed by atoms with Crippen molar-refractivity contribution in [1.29, 1.82) is 0 Å². The van der Waals surface area contributed by atoms with Gasteiger partial charge in [0.15, 0.2) is 5.82 Å². The lowest BCUT2D eigenvalue weighted by Gasteiger charge is -2.15.